The fourth-order valence-electron chi connectivity index (χ4n) is 4.01. The molecule has 1 heterocycles. The van der Waals surface area contributed by atoms with Crippen molar-refractivity contribution in [2.24, 2.45) is 5.92 Å². The van der Waals surface area contributed by atoms with Crippen LogP contribution in [0.25, 0.3) is 0 Å². The Labute approximate surface area is 172 Å². The summed E-state index contributed by atoms with van der Waals surface area (Å²) in [6.45, 7) is 7.21. The van der Waals surface area contributed by atoms with E-state index in [9.17, 15) is 9.59 Å². The minimum absolute atomic E-state index is 0.0486. The molecule has 0 N–H and O–H groups in total. The van der Waals surface area contributed by atoms with E-state index in [0.717, 1.165) is 23.2 Å². The number of benzene rings is 2. The highest BCUT2D eigenvalue weighted by atomic mass is 16.5. The van der Waals surface area contributed by atoms with Gasteiger partial charge >= 0.3 is 11.9 Å². The second-order valence-corrected chi connectivity index (χ2v) is 8.41. The molecule has 2 aromatic rings. The minimum atomic E-state index is -1.06. The van der Waals surface area contributed by atoms with Gasteiger partial charge in [-0.15, -0.1) is 0 Å². The van der Waals surface area contributed by atoms with Gasteiger partial charge in [0.1, 0.15) is 0 Å². The summed E-state index contributed by atoms with van der Waals surface area (Å²) >= 11 is 0. The first-order valence-electron chi connectivity index (χ1n) is 9.88. The predicted molar refractivity (Wildman–Crippen MR) is 113 cm³/mol. The number of anilines is 1. The van der Waals surface area contributed by atoms with Crippen LogP contribution in [0, 0.1) is 5.92 Å². The molecule has 5 heteroatoms. The van der Waals surface area contributed by atoms with Gasteiger partial charge in [0.25, 0.3) is 0 Å². The van der Waals surface area contributed by atoms with Crippen LogP contribution in [0.1, 0.15) is 43.5 Å². The lowest BCUT2D eigenvalue weighted by Crippen LogP contribution is -2.45. The number of methoxy groups -OCH3 is 2. The Morgan fingerprint density at radius 2 is 1.55 bits per heavy atom. The molecule has 1 atom stereocenters. The quantitative estimate of drug-likeness (QED) is 0.577. The first-order chi connectivity index (χ1) is 13.8. The standard InChI is InChI=1S/C24H29NO4/c1-24(2,3)17-10-12-18(13-11-17)25-15-14-16-8-6-7-9-19(16)21(25)20(22(26)28-4)23(27)29-5/h6-13,20-21H,14-15H2,1-5H3. The van der Waals surface area contributed by atoms with Gasteiger partial charge in [-0.2, -0.15) is 0 Å². The third-order valence-electron chi connectivity index (χ3n) is 5.62. The highest BCUT2D eigenvalue weighted by Crippen LogP contribution is 2.40. The minimum Gasteiger partial charge on any atom is -0.468 e. The maximum absolute atomic E-state index is 12.6. The number of nitrogens with zero attached hydrogens (tertiary/aromatic N) is 1. The Morgan fingerprint density at radius 1 is 0.966 bits per heavy atom. The molecule has 0 aromatic heterocycles. The average molecular weight is 395 g/mol. The van der Waals surface area contributed by atoms with Crippen LogP contribution in [0.5, 0.6) is 0 Å². The summed E-state index contributed by atoms with van der Waals surface area (Å²) in [6, 6.07) is 15.8. The zero-order chi connectivity index (χ0) is 21.2. The molecule has 0 bridgehead atoms. The Morgan fingerprint density at radius 3 is 2.10 bits per heavy atom. The highest BCUT2D eigenvalue weighted by Gasteiger charge is 2.43. The molecule has 5 nitrogen and oxygen atoms in total. The van der Waals surface area contributed by atoms with Crippen molar-refractivity contribution in [1.82, 2.24) is 0 Å². The first-order valence-corrected chi connectivity index (χ1v) is 9.88. The Hall–Kier alpha value is -2.82. The van der Waals surface area contributed by atoms with Gasteiger partial charge < -0.3 is 14.4 Å². The number of ether oxygens (including phenoxy) is 2. The van der Waals surface area contributed by atoms with E-state index in [-0.39, 0.29) is 5.41 Å². The van der Waals surface area contributed by atoms with E-state index in [0.29, 0.717) is 6.54 Å². The monoisotopic (exact) mass is 395 g/mol. The lowest BCUT2D eigenvalue weighted by molar-refractivity contribution is -0.160. The van der Waals surface area contributed by atoms with Gasteiger partial charge in [-0.1, -0.05) is 57.2 Å². The maximum atomic E-state index is 12.6. The van der Waals surface area contributed by atoms with Crippen molar-refractivity contribution in [3.8, 4) is 0 Å². The van der Waals surface area contributed by atoms with E-state index in [2.05, 4.69) is 49.9 Å². The number of hydrogen-bond donors (Lipinski definition) is 0. The fourth-order valence-corrected chi connectivity index (χ4v) is 4.01. The van der Waals surface area contributed by atoms with Crippen molar-refractivity contribution in [2.45, 2.75) is 38.6 Å². The summed E-state index contributed by atoms with van der Waals surface area (Å²) in [5.41, 5.74) is 4.34. The molecule has 3 rings (SSSR count). The van der Waals surface area contributed by atoms with Crippen molar-refractivity contribution in [2.75, 3.05) is 25.7 Å². The lowest BCUT2D eigenvalue weighted by atomic mass is 9.83. The summed E-state index contributed by atoms with van der Waals surface area (Å²) in [7, 11) is 2.60. The van der Waals surface area contributed by atoms with Crippen LogP contribution in [0.15, 0.2) is 48.5 Å². The normalized spacial score (nSPS) is 16.3. The van der Waals surface area contributed by atoms with E-state index in [1.54, 1.807) is 0 Å². The maximum Gasteiger partial charge on any atom is 0.322 e. The largest absolute Gasteiger partial charge is 0.468 e. The van der Waals surface area contributed by atoms with E-state index >= 15 is 0 Å². The number of esters is 2. The summed E-state index contributed by atoms with van der Waals surface area (Å²) in [5, 5.41) is 0. The molecule has 0 aliphatic carbocycles. The second kappa shape index (κ2) is 8.27. The SMILES string of the molecule is COC(=O)C(C(=O)OC)C1c2ccccc2CCN1c1ccc(C(C)(C)C)cc1. The number of carbonyl (C=O) groups excluding carboxylic acids is 2. The third-order valence-corrected chi connectivity index (χ3v) is 5.62. The van der Waals surface area contributed by atoms with Crippen LogP contribution in [0.3, 0.4) is 0 Å². The summed E-state index contributed by atoms with van der Waals surface area (Å²) in [5.74, 6) is -2.24. The summed E-state index contributed by atoms with van der Waals surface area (Å²) < 4.78 is 9.97. The van der Waals surface area contributed by atoms with Crippen molar-refractivity contribution < 1.29 is 19.1 Å². The Kier molecular flexibility index (Phi) is 5.96. The Balaban J connectivity index is 2.10. The molecule has 0 fully saturated rings. The molecule has 1 aliphatic heterocycles. The molecule has 0 radical (unpaired) electrons. The second-order valence-electron chi connectivity index (χ2n) is 8.41. The van der Waals surface area contributed by atoms with Gasteiger partial charge in [-0.25, -0.2) is 0 Å². The van der Waals surface area contributed by atoms with Crippen molar-refractivity contribution in [3.05, 3.63) is 65.2 Å². The molecular weight excluding hydrogens is 366 g/mol. The number of fused-ring (bicyclic) bond motifs is 1. The topological polar surface area (TPSA) is 55.8 Å². The lowest BCUT2D eigenvalue weighted by Gasteiger charge is -2.41. The van der Waals surface area contributed by atoms with Crippen LogP contribution >= 0.6 is 0 Å². The van der Waals surface area contributed by atoms with E-state index in [4.69, 9.17) is 9.47 Å². The summed E-state index contributed by atoms with van der Waals surface area (Å²) in [4.78, 5) is 27.4. The van der Waals surface area contributed by atoms with Gasteiger partial charge in [0.15, 0.2) is 5.92 Å². The predicted octanol–water partition coefficient (Wildman–Crippen LogP) is 4.05. The molecule has 0 saturated carbocycles. The van der Waals surface area contributed by atoms with Crippen LogP contribution in [-0.4, -0.2) is 32.7 Å². The smallest absolute Gasteiger partial charge is 0.322 e. The number of hydrogen-bond acceptors (Lipinski definition) is 5. The first kappa shape index (κ1) is 20.9. The third kappa shape index (κ3) is 4.14. The zero-order valence-electron chi connectivity index (χ0n) is 17.8. The van der Waals surface area contributed by atoms with Crippen molar-refractivity contribution in [1.29, 1.82) is 0 Å². The highest BCUT2D eigenvalue weighted by molar-refractivity contribution is 5.96. The fraction of sp³-hybridized carbons (Fsp3) is 0.417. The molecule has 1 unspecified atom stereocenters. The molecule has 0 saturated heterocycles. The average Bonchev–Trinajstić information content (AvgIpc) is 2.73. The molecule has 2 aromatic carbocycles. The molecule has 0 spiro atoms. The van der Waals surface area contributed by atoms with Crippen LogP contribution in [0.4, 0.5) is 5.69 Å². The van der Waals surface area contributed by atoms with Crippen molar-refractivity contribution >= 4 is 17.6 Å². The van der Waals surface area contributed by atoms with Crippen molar-refractivity contribution in [3.63, 3.8) is 0 Å². The zero-order valence-corrected chi connectivity index (χ0v) is 17.8. The van der Waals surface area contributed by atoms with Crippen LogP contribution in [0.2, 0.25) is 0 Å². The molecule has 29 heavy (non-hydrogen) atoms. The molecule has 1 aliphatic rings. The van der Waals surface area contributed by atoms with E-state index < -0.39 is 23.9 Å². The summed E-state index contributed by atoms with van der Waals surface area (Å²) in [6.07, 6.45) is 0.836. The van der Waals surface area contributed by atoms with Crippen LogP contribution in [-0.2, 0) is 30.9 Å². The van der Waals surface area contributed by atoms with Crippen LogP contribution < -0.4 is 4.90 Å². The molecule has 0 amide bonds. The van der Waals surface area contributed by atoms with Gasteiger partial charge in [0.05, 0.1) is 20.3 Å². The number of carbonyl (C=O) groups is 2. The van der Waals surface area contributed by atoms with E-state index in [1.165, 1.54) is 19.8 Å². The molecule has 154 valence electrons. The van der Waals surface area contributed by atoms with Gasteiger partial charge in [-0.3, -0.25) is 9.59 Å². The van der Waals surface area contributed by atoms with Gasteiger partial charge in [0.2, 0.25) is 0 Å². The van der Waals surface area contributed by atoms with Gasteiger partial charge in [0, 0.05) is 12.2 Å². The molecular formula is C24H29NO4. The number of rotatable bonds is 4. The Bertz CT molecular complexity index is 866. The van der Waals surface area contributed by atoms with E-state index in [1.807, 2.05) is 24.3 Å². The van der Waals surface area contributed by atoms with Gasteiger partial charge in [-0.05, 0) is 40.7 Å².